The van der Waals surface area contributed by atoms with Gasteiger partial charge < -0.3 is 15.1 Å². The number of amides is 2. The average Bonchev–Trinajstić information content (AvgIpc) is 2.68. The lowest BCUT2D eigenvalue weighted by Gasteiger charge is -2.35. The van der Waals surface area contributed by atoms with Crippen LogP contribution in [0, 0.1) is 6.92 Å². The van der Waals surface area contributed by atoms with Gasteiger partial charge in [-0.15, -0.1) is 0 Å². The standard InChI is InChI=1S/C21H25N3O4S/c1-16-3-9-20(10-4-16)29(27,28)15-21(26)22-18-5-7-19(8-6-18)24-13-11-23(12-14-24)17(2)25/h3-10H,11-15H2,1-2H3,(H,22,26). The van der Waals surface area contributed by atoms with E-state index in [1.807, 2.05) is 24.0 Å². The number of nitrogens with one attached hydrogen (secondary N) is 1. The summed E-state index contributed by atoms with van der Waals surface area (Å²) in [6.07, 6.45) is 0. The average molecular weight is 416 g/mol. The van der Waals surface area contributed by atoms with Crippen LogP contribution in [-0.4, -0.2) is 57.1 Å². The van der Waals surface area contributed by atoms with E-state index in [0.717, 1.165) is 24.3 Å². The first kappa shape index (κ1) is 20.9. The Bertz CT molecular complexity index is 978. The van der Waals surface area contributed by atoms with Gasteiger partial charge in [0.25, 0.3) is 0 Å². The number of benzene rings is 2. The highest BCUT2D eigenvalue weighted by molar-refractivity contribution is 7.92. The first-order chi connectivity index (χ1) is 13.7. The number of anilines is 2. The monoisotopic (exact) mass is 415 g/mol. The van der Waals surface area contributed by atoms with Crippen LogP contribution < -0.4 is 10.2 Å². The van der Waals surface area contributed by atoms with Gasteiger partial charge in [-0.3, -0.25) is 9.59 Å². The van der Waals surface area contributed by atoms with Crippen molar-refractivity contribution in [2.75, 3.05) is 42.1 Å². The van der Waals surface area contributed by atoms with Gasteiger partial charge in [0.1, 0.15) is 5.75 Å². The van der Waals surface area contributed by atoms with Crippen LogP contribution in [0.15, 0.2) is 53.4 Å². The molecule has 8 heteroatoms. The van der Waals surface area contributed by atoms with Gasteiger partial charge in [0.2, 0.25) is 11.8 Å². The maximum absolute atomic E-state index is 12.4. The lowest BCUT2D eigenvalue weighted by molar-refractivity contribution is -0.129. The molecule has 1 N–H and O–H groups in total. The van der Waals surface area contributed by atoms with E-state index in [2.05, 4.69) is 10.2 Å². The first-order valence-corrected chi connectivity index (χ1v) is 11.1. The van der Waals surface area contributed by atoms with Crippen molar-refractivity contribution in [3.63, 3.8) is 0 Å². The molecule has 0 aromatic heterocycles. The maximum Gasteiger partial charge on any atom is 0.239 e. The zero-order valence-corrected chi connectivity index (χ0v) is 17.4. The van der Waals surface area contributed by atoms with Crippen LogP contribution in [0.3, 0.4) is 0 Å². The van der Waals surface area contributed by atoms with Crippen molar-refractivity contribution in [3.05, 3.63) is 54.1 Å². The Balaban J connectivity index is 1.57. The zero-order chi connectivity index (χ0) is 21.0. The molecule has 1 heterocycles. The summed E-state index contributed by atoms with van der Waals surface area (Å²) in [4.78, 5) is 27.8. The highest BCUT2D eigenvalue weighted by Gasteiger charge is 2.20. The number of carbonyl (C=O) groups excluding carboxylic acids is 2. The molecule has 2 amide bonds. The van der Waals surface area contributed by atoms with Crippen molar-refractivity contribution in [2.24, 2.45) is 0 Å². The molecular weight excluding hydrogens is 390 g/mol. The number of aryl methyl sites for hydroxylation is 1. The fraction of sp³-hybridized carbons (Fsp3) is 0.333. The van der Waals surface area contributed by atoms with Crippen molar-refractivity contribution in [3.8, 4) is 0 Å². The maximum atomic E-state index is 12.4. The number of carbonyl (C=O) groups is 2. The molecule has 154 valence electrons. The van der Waals surface area contributed by atoms with E-state index in [-0.39, 0.29) is 10.8 Å². The molecule has 1 aliphatic rings. The molecule has 0 spiro atoms. The Morgan fingerprint density at radius 3 is 2.07 bits per heavy atom. The van der Waals surface area contributed by atoms with Crippen LogP contribution in [0.1, 0.15) is 12.5 Å². The van der Waals surface area contributed by atoms with Gasteiger partial charge >= 0.3 is 0 Å². The molecule has 0 radical (unpaired) electrons. The minimum absolute atomic E-state index is 0.0864. The Morgan fingerprint density at radius 1 is 0.931 bits per heavy atom. The van der Waals surface area contributed by atoms with Gasteiger partial charge in [-0.1, -0.05) is 17.7 Å². The predicted molar refractivity (Wildman–Crippen MR) is 113 cm³/mol. The van der Waals surface area contributed by atoms with Crippen LogP contribution in [0.4, 0.5) is 11.4 Å². The van der Waals surface area contributed by atoms with Crippen LogP contribution in [-0.2, 0) is 19.4 Å². The Morgan fingerprint density at radius 2 is 1.52 bits per heavy atom. The van der Waals surface area contributed by atoms with Crippen LogP contribution in [0.25, 0.3) is 0 Å². The van der Waals surface area contributed by atoms with Crippen LogP contribution in [0.5, 0.6) is 0 Å². The second-order valence-corrected chi connectivity index (χ2v) is 9.15. The quantitative estimate of drug-likeness (QED) is 0.808. The highest BCUT2D eigenvalue weighted by Crippen LogP contribution is 2.20. The second-order valence-electron chi connectivity index (χ2n) is 7.16. The third-order valence-electron chi connectivity index (χ3n) is 4.94. The third-order valence-corrected chi connectivity index (χ3v) is 6.58. The number of hydrogen-bond donors (Lipinski definition) is 1. The summed E-state index contributed by atoms with van der Waals surface area (Å²) >= 11 is 0. The van der Waals surface area contributed by atoms with E-state index in [1.54, 1.807) is 31.2 Å². The van der Waals surface area contributed by atoms with E-state index in [9.17, 15) is 18.0 Å². The number of piperazine rings is 1. The molecule has 1 aliphatic heterocycles. The fourth-order valence-corrected chi connectivity index (χ4v) is 4.37. The number of rotatable bonds is 5. The molecule has 0 unspecified atom stereocenters. The number of hydrogen-bond acceptors (Lipinski definition) is 5. The minimum Gasteiger partial charge on any atom is -0.368 e. The molecule has 1 saturated heterocycles. The van der Waals surface area contributed by atoms with E-state index in [4.69, 9.17) is 0 Å². The summed E-state index contributed by atoms with van der Waals surface area (Å²) in [6, 6.07) is 13.7. The van der Waals surface area contributed by atoms with Gasteiger partial charge in [-0.05, 0) is 43.3 Å². The molecule has 0 aliphatic carbocycles. The summed E-state index contributed by atoms with van der Waals surface area (Å²) < 4.78 is 24.8. The molecule has 3 rings (SSSR count). The zero-order valence-electron chi connectivity index (χ0n) is 16.6. The fourth-order valence-electron chi connectivity index (χ4n) is 3.23. The molecule has 1 fully saturated rings. The predicted octanol–water partition coefficient (Wildman–Crippen LogP) is 2.08. The Kier molecular flexibility index (Phi) is 6.22. The molecule has 2 aromatic rings. The first-order valence-electron chi connectivity index (χ1n) is 9.44. The minimum atomic E-state index is -3.69. The SMILES string of the molecule is CC(=O)N1CCN(c2ccc(NC(=O)CS(=O)(=O)c3ccc(C)cc3)cc2)CC1. The van der Waals surface area contributed by atoms with Gasteiger partial charge in [0.15, 0.2) is 9.84 Å². The van der Waals surface area contributed by atoms with Crippen molar-refractivity contribution in [1.82, 2.24) is 4.90 Å². The summed E-state index contributed by atoms with van der Waals surface area (Å²) in [5.41, 5.74) is 2.50. The third kappa shape index (κ3) is 5.35. The van der Waals surface area contributed by atoms with Crippen LogP contribution >= 0.6 is 0 Å². The largest absolute Gasteiger partial charge is 0.368 e. The van der Waals surface area contributed by atoms with E-state index < -0.39 is 21.5 Å². The van der Waals surface area contributed by atoms with Gasteiger partial charge in [0, 0.05) is 44.5 Å². The van der Waals surface area contributed by atoms with Gasteiger partial charge in [-0.25, -0.2) is 8.42 Å². The second kappa shape index (κ2) is 8.65. The van der Waals surface area contributed by atoms with Crippen molar-refractivity contribution in [1.29, 1.82) is 0 Å². The molecular formula is C21H25N3O4S. The van der Waals surface area contributed by atoms with Gasteiger partial charge in [0.05, 0.1) is 4.90 Å². The van der Waals surface area contributed by atoms with Crippen molar-refractivity contribution in [2.45, 2.75) is 18.7 Å². The molecule has 0 bridgehead atoms. The van der Waals surface area contributed by atoms with Gasteiger partial charge in [-0.2, -0.15) is 0 Å². The smallest absolute Gasteiger partial charge is 0.239 e. The summed E-state index contributed by atoms with van der Waals surface area (Å²) in [5.74, 6) is -1.10. The summed E-state index contributed by atoms with van der Waals surface area (Å²) in [7, 11) is -3.69. The number of nitrogens with zero attached hydrogens (tertiary/aromatic N) is 2. The normalized spacial score (nSPS) is 14.6. The topological polar surface area (TPSA) is 86.8 Å². The summed E-state index contributed by atoms with van der Waals surface area (Å²) in [5, 5.41) is 2.64. The molecule has 2 aromatic carbocycles. The molecule has 7 nitrogen and oxygen atoms in total. The number of sulfone groups is 1. The Labute approximate surface area is 171 Å². The molecule has 0 saturated carbocycles. The summed E-state index contributed by atoms with van der Waals surface area (Å²) in [6.45, 7) is 6.32. The Hall–Kier alpha value is -2.87. The molecule has 0 atom stereocenters. The van der Waals surface area contributed by atoms with Crippen molar-refractivity contribution >= 4 is 33.0 Å². The lowest BCUT2D eigenvalue weighted by Crippen LogP contribution is -2.48. The van der Waals surface area contributed by atoms with Crippen molar-refractivity contribution < 1.29 is 18.0 Å². The lowest BCUT2D eigenvalue weighted by atomic mass is 10.2. The van der Waals surface area contributed by atoms with E-state index >= 15 is 0 Å². The van der Waals surface area contributed by atoms with E-state index in [0.29, 0.717) is 18.8 Å². The highest BCUT2D eigenvalue weighted by atomic mass is 32.2. The van der Waals surface area contributed by atoms with Crippen LogP contribution in [0.2, 0.25) is 0 Å². The molecule has 29 heavy (non-hydrogen) atoms. The van der Waals surface area contributed by atoms with E-state index in [1.165, 1.54) is 12.1 Å².